The van der Waals surface area contributed by atoms with Crippen LogP contribution in [0.4, 0.5) is 0 Å². The Labute approximate surface area is 81.1 Å². The highest BCUT2D eigenvalue weighted by molar-refractivity contribution is 7.95. The van der Waals surface area contributed by atoms with Crippen LogP contribution in [0.15, 0.2) is 18.5 Å². The van der Waals surface area contributed by atoms with Crippen molar-refractivity contribution in [3.8, 4) is 0 Å². The van der Waals surface area contributed by atoms with Crippen LogP contribution in [0.3, 0.4) is 0 Å². The SMILES string of the molecule is [2H]B([3H])CSOCc1cncc(C)c1. The molecule has 1 aromatic heterocycles. The summed E-state index contributed by atoms with van der Waals surface area (Å²) in [6, 6.07) is 2.01. The zero-order valence-corrected chi connectivity index (χ0v) is 7.80. The lowest BCUT2D eigenvalue weighted by Gasteiger charge is -2.01. The molecule has 4 heteroatoms. The first-order valence-corrected chi connectivity index (χ1v) is 4.59. The second kappa shape index (κ2) is 5.22. The van der Waals surface area contributed by atoms with Crippen molar-refractivity contribution in [2.24, 2.45) is 0 Å². The molecule has 2 nitrogen and oxygen atoms in total. The first-order chi connectivity index (χ1) is 6.68. The Bertz CT molecular complexity index is 288. The largest absolute Gasteiger partial charge is 0.311 e. The zero-order valence-electron chi connectivity index (χ0n) is 8.99. The van der Waals surface area contributed by atoms with E-state index in [-0.39, 0.29) is 0 Å². The molecule has 0 aliphatic rings. The molecule has 0 N–H and O–H groups in total. The van der Waals surface area contributed by atoms with Gasteiger partial charge in [-0.2, -0.15) is 0 Å². The zero-order chi connectivity index (χ0) is 10.4. The summed E-state index contributed by atoms with van der Waals surface area (Å²) in [5, 5.41) is 0. The standard InChI is InChI=1S/C8H12BNOS/c1-7-2-8(4-10-3-7)5-11-12-6-9/h2-4H,5-6,9H2,1H3/i9TD. The van der Waals surface area contributed by atoms with Crippen molar-refractivity contribution >= 4 is 19.8 Å². The molecule has 0 aliphatic carbocycles. The Morgan fingerprint density at radius 2 is 2.83 bits per heavy atom. The van der Waals surface area contributed by atoms with Crippen LogP contribution in [0, 0.1) is 6.92 Å². The van der Waals surface area contributed by atoms with E-state index in [2.05, 4.69) is 4.98 Å². The van der Waals surface area contributed by atoms with Crippen molar-refractivity contribution in [2.75, 3.05) is 5.65 Å². The van der Waals surface area contributed by atoms with Gasteiger partial charge in [-0.1, -0.05) is 6.07 Å². The summed E-state index contributed by atoms with van der Waals surface area (Å²) < 4.78 is 19.1. The van der Waals surface area contributed by atoms with Gasteiger partial charge in [0.2, 0.25) is 0 Å². The van der Waals surface area contributed by atoms with Gasteiger partial charge in [-0.25, -0.2) is 0 Å². The second-order valence-electron chi connectivity index (χ2n) is 2.42. The van der Waals surface area contributed by atoms with E-state index in [0.29, 0.717) is 12.3 Å². The number of pyridine rings is 1. The Morgan fingerprint density at radius 3 is 3.58 bits per heavy atom. The topological polar surface area (TPSA) is 22.1 Å². The number of aromatic nitrogens is 1. The average molecular weight is 184 g/mol. The highest BCUT2D eigenvalue weighted by Crippen LogP contribution is 2.07. The first-order valence-electron chi connectivity index (χ1n) is 4.83. The molecule has 1 heterocycles. The molecule has 0 amide bonds. The summed E-state index contributed by atoms with van der Waals surface area (Å²) >= 11 is 1.16. The number of nitrogens with zero attached hydrogens (tertiary/aromatic N) is 1. The Kier molecular flexibility index (Phi) is 3.04. The highest BCUT2D eigenvalue weighted by atomic mass is 32.2. The lowest BCUT2D eigenvalue weighted by Crippen LogP contribution is -1.89. The Morgan fingerprint density at radius 1 is 1.92 bits per heavy atom. The Hall–Kier alpha value is -0.475. The van der Waals surface area contributed by atoms with E-state index in [1.807, 2.05) is 13.0 Å². The predicted octanol–water partition coefficient (Wildman–Crippen LogP) is 1.15. The van der Waals surface area contributed by atoms with Crippen LogP contribution in [0.25, 0.3) is 0 Å². The summed E-state index contributed by atoms with van der Waals surface area (Å²) in [6.07, 6.45) is 3.55. The smallest absolute Gasteiger partial charge is 0.117 e. The minimum atomic E-state index is -0.823. The van der Waals surface area contributed by atoms with Crippen LogP contribution in [0.2, 0.25) is 0 Å². The average Bonchev–Trinajstić information content (AvgIpc) is 2.12. The van der Waals surface area contributed by atoms with Crippen LogP contribution in [-0.2, 0) is 10.8 Å². The van der Waals surface area contributed by atoms with E-state index in [9.17, 15) is 0 Å². The summed E-state index contributed by atoms with van der Waals surface area (Å²) in [7, 11) is -0.823. The highest BCUT2D eigenvalue weighted by Gasteiger charge is 1.93. The first kappa shape index (κ1) is 6.98. The maximum absolute atomic E-state index is 6.95. The number of hydrogen-bond acceptors (Lipinski definition) is 3. The van der Waals surface area contributed by atoms with Gasteiger partial charge in [0.1, 0.15) is 7.77 Å². The van der Waals surface area contributed by atoms with Gasteiger partial charge in [0.25, 0.3) is 0 Å². The minimum absolute atomic E-state index is 0.374. The Balaban J connectivity index is 2.25. The summed E-state index contributed by atoms with van der Waals surface area (Å²) in [5.41, 5.74) is 2.50. The fraction of sp³-hybridized carbons (Fsp3) is 0.375. The lowest BCUT2D eigenvalue weighted by molar-refractivity contribution is 0.364. The molecule has 0 atom stereocenters. The molecule has 0 aliphatic heterocycles. The maximum Gasteiger partial charge on any atom is 0.117 e. The molecule has 0 spiro atoms. The van der Waals surface area contributed by atoms with Gasteiger partial charge in [0.05, 0.1) is 6.61 Å². The fourth-order valence-corrected chi connectivity index (χ4v) is 1.17. The molecule has 0 radical (unpaired) electrons. The van der Waals surface area contributed by atoms with Crippen LogP contribution in [0.5, 0.6) is 0 Å². The van der Waals surface area contributed by atoms with E-state index < -0.39 is 7.77 Å². The molecular formula is C8H12BNOS. The lowest BCUT2D eigenvalue weighted by atomic mass is 10.2. The number of aryl methyl sites for hydroxylation is 1. The van der Waals surface area contributed by atoms with Gasteiger partial charge >= 0.3 is 0 Å². The molecular weight excluding hydrogens is 169 g/mol. The van der Waals surface area contributed by atoms with Crippen molar-refractivity contribution in [3.05, 3.63) is 29.6 Å². The van der Waals surface area contributed by atoms with Crippen molar-refractivity contribution < 1.29 is 4.18 Å². The predicted molar refractivity (Wildman–Crippen MR) is 54.8 cm³/mol. The molecule has 0 saturated heterocycles. The number of rotatable bonds is 5. The van der Waals surface area contributed by atoms with Crippen molar-refractivity contribution in [2.45, 2.75) is 13.5 Å². The molecule has 0 fully saturated rings. The van der Waals surface area contributed by atoms with Gasteiger partial charge in [0.15, 0.2) is 0 Å². The maximum atomic E-state index is 6.95. The molecule has 0 unspecified atom stereocenters. The van der Waals surface area contributed by atoms with Gasteiger partial charge in [-0.15, -0.1) is 0 Å². The monoisotopic (exact) mass is 184 g/mol. The van der Waals surface area contributed by atoms with Gasteiger partial charge < -0.3 is 4.18 Å². The molecule has 0 aromatic carbocycles. The molecule has 1 rings (SSSR count). The molecule has 1 aromatic rings. The quantitative estimate of drug-likeness (QED) is 0.389. The van der Waals surface area contributed by atoms with E-state index in [4.69, 9.17) is 6.85 Å². The molecule has 0 bridgehead atoms. The summed E-state index contributed by atoms with van der Waals surface area (Å²) in [4.78, 5) is 4.03. The van der Waals surface area contributed by atoms with Gasteiger partial charge in [0, 0.05) is 12.4 Å². The van der Waals surface area contributed by atoms with E-state index in [1.165, 1.54) is 0 Å². The second-order valence-corrected chi connectivity index (χ2v) is 3.22. The van der Waals surface area contributed by atoms with E-state index in [0.717, 1.165) is 23.2 Å². The van der Waals surface area contributed by atoms with Gasteiger partial charge in [-0.3, -0.25) is 4.98 Å². The normalized spacial score (nSPS) is 12.1. The van der Waals surface area contributed by atoms with E-state index >= 15 is 0 Å². The van der Waals surface area contributed by atoms with Gasteiger partial charge in [-0.05, 0) is 38.4 Å². The van der Waals surface area contributed by atoms with Crippen molar-refractivity contribution in [1.29, 1.82) is 2.67 Å². The molecule has 64 valence electrons. The fourth-order valence-electron chi connectivity index (χ4n) is 0.854. The summed E-state index contributed by atoms with van der Waals surface area (Å²) in [5.74, 6) is 0. The number of hydrogen-bond donors (Lipinski definition) is 0. The summed E-state index contributed by atoms with van der Waals surface area (Å²) in [6.45, 7) is 2.46. The minimum Gasteiger partial charge on any atom is -0.311 e. The van der Waals surface area contributed by atoms with Crippen LogP contribution in [-0.4, -0.2) is 21.1 Å². The third-order valence-corrected chi connectivity index (χ3v) is 1.73. The van der Waals surface area contributed by atoms with E-state index in [1.54, 1.807) is 12.4 Å². The van der Waals surface area contributed by atoms with Crippen LogP contribution in [0.1, 0.15) is 11.1 Å². The third-order valence-electron chi connectivity index (χ3n) is 1.31. The molecule has 0 saturated carbocycles. The van der Waals surface area contributed by atoms with Crippen LogP contribution >= 0.6 is 12.0 Å². The van der Waals surface area contributed by atoms with Crippen LogP contribution < -0.4 is 0 Å². The van der Waals surface area contributed by atoms with Crippen molar-refractivity contribution in [3.63, 3.8) is 0 Å². The third kappa shape index (κ3) is 3.28. The van der Waals surface area contributed by atoms with Crippen molar-refractivity contribution in [1.82, 2.24) is 4.98 Å². The molecule has 12 heavy (non-hydrogen) atoms.